The van der Waals surface area contributed by atoms with E-state index in [1.165, 1.54) is 0 Å². The van der Waals surface area contributed by atoms with Gasteiger partial charge in [0.1, 0.15) is 0 Å². The van der Waals surface area contributed by atoms with E-state index in [1.54, 1.807) is 0 Å². The zero-order valence-electron chi connectivity index (χ0n) is 8.79. The summed E-state index contributed by atoms with van der Waals surface area (Å²) in [5, 5.41) is 12.7. The highest BCUT2D eigenvalue weighted by molar-refractivity contribution is 4.79. The summed E-state index contributed by atoms with van der Waals surface area (Å²) < 4.78 is 5.32. The number of hydrogen-bond donors (Lipinski definition) is 2. The van der Waals surface area contributed by atoms with Crippen LogP contribution in [0.1, 0.15) is 27.2 Å². The van der Waals surface area contributed by atoms with E-state index >= 15 is 0 Å². The van der Waals surface area contributed by atoms with E-state index < -0.39 is 0 Å². The van der Waals surface area contributed by atoms with E-state index in [9.17, 15) is 5.11 Å². The van der Waals surface area contributed by atoms with Crippen LogP contribution in [0.25, 0.3) is 0 Å². The van der Waals surface area contributed by atoms with Gasteiger partial charge in [-0.2, -0.15) is 0 Å². The lowest BCUT2D eigenvalue weighted by molar-refractivity contribution is 0.134. The lowest BCUT2D eigenvalue weighted by Crippen LogP contribution is -2.44. The van der Waals surface area contributed by atoms with Gasteiger partial charge < -0.3 is 15.2 Å². The van der Waals surface area contributed by atoms with Crippen LogP contribution in [0.4, 0.5) is 0 Å². The Hall–Kier alpha value is -0.120. The molecule has 1 aliphatic rings. The molecule has 0 bridgehead atoms. The SMILES string of the molecule is CC(O)C(C)NC(C)C1CCOC1. The molecule has 1 aliphatic heterocycles. The predicted molar refractivity (Wildman–Crippen MR) is 52.7 cm³/mol. The summed E-state index contributed by atoms with van der Waals surface area (Å²) >= 11 is 0. The first-order valence-corrected chi connectivity index (χ1v) is 5.13. The van der Waals surface area contributed by atoms with Crippen molar-refractivity contribution >= 4 is 0 Å². The fourth-order valence-electron chi connectivity index (χ4n) is 1.64. The van der Waals surface area contributed by atoms with Crippen LogP contribution in [0.5, 0.6) is 0 Å². The van der Waals surface area contributed by atoms with Crippen molar-refractivity contribution in [3.63, 3.8) is 0 Å². The Morgan fingerprint density at radius 3 is 2.54 bits per heavy atom. The fraction of sp³-hybridized carbons (Fsp3) is 1.00. The molecule has 1 rings (SSSR count). The second-order valence-corrected chi connectivity index (χ2v) is 4.11. The van der Waals surface area contributed by atoms with Crippen molar-refractivity contribution in [2.75, 3.05) is 13.2 Å². The van der Waals surface area contributed by atoms with Crippen LogP contribution < -0.4 is 5.32 Å². The Morgan fingerprint density at radius 2 is 2.08 bits per heavy atom. The van der Waals surface area contributed by atoms with Gasteiger partial charge in [-0.25, -0.2) is 0 Å². The molecule has 1 fully saturated rings. The average molecular weight is 187 g/mol. The number of nitrogens with one attached hydrogen (secondary N) is 1. The zero-order chi connectivity index (χ0) is 9.84. The molecule has 78 valence electrons. The summed E-state index contributed by atoms with van der Waals surface area (Å²) in [5.74, 6) is 0.612. The summed E-state index contributed by atoms with van der Waals surface area (Å²) in [5.41, 5.74) is 0. The highest BCUT2D eigenvalue weighted by atomic mass is 16.5. The van der Waals surface area contributed by atoms with Crippen LogP contribution in [0, 0.1) is 5.92 Å². The first-order chi connectivity index (χ1) is 6.11. The van der Waals surface area contributed by atoms with Crippen LogP contribution >= 0.6 is 0 Å². The Labute approximate surface area is 80.5 Å². The Kier molecular flexibility index (Phi) is 4.16. The van der Waals surface area contributed by atoms with Crippen molar-refractivity contribution in [1.82, 2.24) is 5.32 Å². The topological polar surface area (TPSA) is 41.5 Å². The van der Waals surface area contributed by atoms with E-state index in [0.717, 1.165) is 19.6 Å². The van der Waals surface area contributed by atoms with Gasteiger partial charge in [-0.05, 0) is 33.1 Å². The van der Waals surface area contributed by atoms with Crippen molar-refractivity contribution < 1.29 is 9.84 Å². The molecule has 2 N–H and O–H groups in total. The van der Waals surface area contributed by atoms with Gasteiger partial charge >= 0.3 is 0 Å². The second-order valence-electron chi connectivity index (χ2n) is 4.11. The maximum atomic E-state index is 9.32. The highest BCUT2D eigenvalue weighted by Crippen LogP contribution is 2.16. The summed E-state index contributed by atoms with van der Waals surface area (Å²) in [6.45, 7) is 7.74. The van der Waals surface area contributed by atoms with Crippen molar-refractivity contribution in [3.05, 3.63) is 0 Å². The monoisotopic (exact) mass is 187 g/mol. The van der Waals surface area contributed by atoms with Crippen molar-refractivity contribution in [2.45, 2.75) is 45.4 Å². The summed E-state index contributed by atoms with van der Waals surface area (Å²) in [6.07, 6.45) is 0.852. The number of hydrogen-bond acceptors (Lipinski definition) is 3. The predicted octanol–water partition coefficient (Wildman–Crippen LogP) is 0.770. The van der Waals surface area contributed by atoms with E-state index in [1.807, 2.05) is 13.8 Å². The summed E-state index contributed by atoms with van der Waals surface area (Å²) in [7, 11) is 0. The Bertz CT molecular complexity index is 144. The van der Waals surface area contributed by atoms with Crippen LogP contribution in [0.2, 0.25) is 0 Å². The highest BCUT2D eigenvalue weighted by Gasteiger charge is 2.23. The quantitative estimate of drug-likeness (QED) is 0.683. The minimum absolute atomic E-state index is 0.163. The van der Waals surface area contributed by atoms with E-state index in [0.29, 0.717) is 12.0 Å². The molecule has 1 heterocycles. The second kappa shape index (κ2) is 4.94. The standard InChI is InChI=1S/C10H21NO2/c1-7(9(3)12)11-8(2)10-4-5-13-6-10/h7-12H,4-6H2,1-3H3. The molecule has 0 spiro atoms. The number of ether oxygens (including phenoxy) is 1. The van der Waals surface area contributed by atoms with Gasteiger partial charge in [0.05, 0.1) is 12.7 Å². The first-order valence-electron chi connectivity index (χ1n) is 5.13. The van der Waals surface area contributed by atoms with Crippen LogP contribution in [-0.4, -0.2) is 36.5 Å². The van der Waals surface area contributed by atoms with Crippen molar-refractivity contribution in [3.8, 4) is 0 Å². The van der Waals surface area contributed by atoms with Gasteiger partial charge in [0.15, 0.2) is 0 Å². The molecule has 13 heavy (non-hydrogen) atoms. The maximum Gasteiger partial charge on any atom is 0.0662 e. The molecule has 3 heteroatoms. The molecule has 0 aromatic heterocycles. The zero-order valence-corrected chi connectivity index (χ0v) is 8.79. The van der Waals surface area contributed by atoms with Crippen LogP contribution in [0.15, 0.2) is 0 Å². The molecule has 0 amide bonds. The third-order valence-corrected chi connectivity index (χ3v) is 2.92. The molecule has 0 saturated carbocycles. The third kappa shape index (κ3) is 3.25. The summed E-state index contributed by atoms with van der Waals surface area (Å²) in [4.78, 5) is 0. The first kappa shape index (κ1) is 11.0. The van der Waals surface area contributed by atoms with Gasteiger partial charge in [-0.15, -0.1) is 0 Å². The van der Waals surface area contributed by atoms with Gasteiger partial charge in [-0.3, -0.25) is 0 Å². The lowest BCUT2D eigenvalue weighted by atomic mass is 9.99. The molecular formula is C10H21NO2. The van der Waals surface area contributed by atoms with Crippen molar-refractivity contribution in [1.29, 1.82) is 0 Å². The largest absolute Gasteiger partial charge is 0.392 e. The van der Waals surface area contributed by atoms with E-state index in [2.05, 4.69) is 12.2 Å². The normalized spacial score (nSPS) is 30.0. The molecule has 0 radical (unpaired) electrons. The maximum absolute atomic E-state index is 9.32. The fourth-order valence-corrected chi connectivity index (χ4v) is 1.64. The van der Waals surface area contributed by atoms with Crippen LogP contribution in [-0.2, 0) is 4.74 Å². The lowest BCUT2D eigenvalue weighted by Gasteiger charge is -2.25. The minimum Gasteiger partial charge on any atom is -0.392 e. The van der Waals surface area contributed by atoms with Crippen LogP contribution in [0.3, 0.4) is 0 Å². The number of aliphatic hydroxyl groups is 1. The van der Waals surface area contributed by atoms with E-state index in [-0.39, 0.29) is 12.1 Å². The van der Waals surface area contributed by atoms with Gasteiger partial charge in [0, 0.05) is 18.7 Å². The molecule has 4 unspecified atom stereocenters. The Morgan fingerprint density at radius 1 is 1.38 bits per heavy atom. The average Bonchev–Trinajstić information content (AvgIpc) is 2.55. The number of aliphatic hydroxyl groups excluding tert-OH is 1. The van der Waals surface area contributed by atoms with Gasteiger partial charge in [-0.1, -0.05) is 0 Å². The summed E-state index contributed by atoms with van der Waals surface area (Å²) in [6, 6.07) is 0.600. The van der Waals surface area contributed by atoms with E-state index in [4.69, 9.17) is 4.74 Å². The molecule has 0 aromatic rings. The van der Waals surface area contributed by atoms with Crippen molar-refractivity contribution in [2.24, 2.45) is 5.92 Å². The number of rotatable bonds is 4. The van der Waals surface area contributed by atoms with Gasteiger partial charge in [0.2, 0.25) is 0 Å². The molecular weight excluding hydrogens is 166 g/mol. The van der Waals surface area contributed by atoms with Gasteiger partial charge in [0.25, 0.3) is 0 Å². The third-order valence-electron chi connectivity index (χ3n) is 2.92. The molecule has 4 atom stereocenters. The molecule has 1 saturated heterocycles. The molecule has 3 nitrogen and oxygen atoms in total. The molecule has 0 aromatic carbocycles. The Balaban J connectivity index is 2.26. The molecule has 0 aliphatic carbocycles. The minimum atomic E-state index is -0.287. The smallest absolute Gasteiger partial charge is 0.0662 e.